The van der Waals surface area contributed by atoms with E-state index in [1.807, 2.05) is 18.2 Å². The van der Waals surface area contributed by atoms with Gasteiger partial charge in [-0.15, -0.1) is 0 Å². The summed E-state index contributed by atoms with van der Waals surface area (Å²) in [5, 5.41) is 0.958. The Morgan fingerprint density at radius 2 is 2.21 bits per heavy atom. The first kappa shape index (κ1) is 13.2. The molecule has 4 heteroatoms. The lowest BCUT2D eigenvalue weighted by molar-refractivity contribution is -0.113. The minimum absolute atomic E-state index is 0.467. The van der Waals surface area contributed by atoms with Gasteiger partial charge in [0, 0.05) is 23.4 Å². The van der Waals surface area contributed by atoms with E-state index in [4.69, 9.17) is 5.73 Å². The fourth-order valence-corrected chi connectivity index (χ4v) is 1.87. The molecule has 0 atom stereocenters. The fraction of sp³-hybridized carbons (Fsp3) is 0.267. The average molecular weight is 255 g/mol. The van der Waals surface area contributed by atoms with Gasteiger partial charge in [0.2, 0.25) is 5.91 Å². The summed E-state index contributed by atoms with van der Waals surface area (Å²) in [5.41, 5.74) is 7.68. The lowest BCUT2D eigenvalue weighted by Gasteiger charge is -2.05. The van der Waals surface area contributed by atoms with E-state index >= 15 is 0 Å². The highest BCUT2D eigenvalue weighted by Crippen LogP contribution is 2.15. The van der Waals surface area contributed by atoms with Gasteiger partial charge in [-0.05, 0) is 42.2 Å². The summed E-state index contributed by atoms with van der Waals surface area (Å²) >= 11 is 0. The third-order valence-electron chi connectivity index (χ3n) is 2.68. The zero-order chi connectivity index (χ0) is 13.8. The van der Waals surface area contributed by atoms with Gasteiger partial charge in [-0.1, -0.05) is 13.8 Å². The van der Waals surface area contributed by atoms with Crippen molar-refractivity contribution in [1.82, 2.24) is 9.97 Å². The van der Waals surface area contributed by atoms with E-state index in [0.29, 0.717) is 5.92 Å². The number of hydrogen-bond acceptors (Lipinski definition) is 3. The molecule has 0 saturated carbocycles. The predicted molar refractivity (Wildman–Crippen MR) is 76.3 cm³/mol. The summed E-state index contributed by atoms with van der Waals surface area (Å²) in [6.07, 6.45) is 5.61. The van der Waals surface area contributed by atoms with Crippen molar-refractivity contribution < 1.29 is 4.79 Å². The van der Waals surface area contributed by atoms with Crippen molar-refractivity contribution in [2.24, 2.45) is 11.7 Å². The number of carbonyl (C=O) groups is 1. The molecule has 0 fully saturated rings. The molecule has 4 nitrogen and oxygen atoms in total. The molecule has 2 aromatic heterocycles. The number of nitrogens with two attached hydrogens (primary N) is 1. The summed E-state index contributed by atoms with van der Waals surface area (Å²) in [5.74, 6) is 0.105. The van der Waals surface area contributed by atoms with Crippen molar-refractivity contribution in [1.29, 1.82) is 0 Å². The Bertz CT molecular complexity index is 632. The Balaban J connectivity index is 2.32. The average Bonchev–Trinajstić information content (AvgIpc) is 2.35. The Morgan fingerprint density at radius 1 is 1.42 bits per heavy atom. The van der Waals surface area contributed by atoms with Crippen molar-refractivity contribution >= 4 is 23.0 Å². The second kappa shape index (κ2) is 5.61. The van der Waals surface area contributed by atoms with Crippen LogP contribution in [0.15, 0.2) is 30.5 Å². The van der Waals surface area contributed by atoms with E-state index in [2.05, 4.69) is 23.8 Å². The monoisotopic (exact) mass is 255 g/mol. The molecule has 0 bridgehead atoms. The van der Waals surface area contributed by atoms with Gasteiger partial charge in [-0.25, -0.2) is 9.97 Å². The van der Waals surface area contributed by atoms with E-state index < -0.39 is 5.91 Å². The minimum atomic E-state index is -0.467. The van der Waals surface area contributed by atoms with Gasteiger partial charge in [-0.3, -0.25) is 4.79 Å². The van der Waals surface area contributed by atoms with E-state index in [0.717, 1.165) is 28.7 Å². The number of pyridine rings is 2. The molecule has 0 aromatic carbocycles. The molecule has 0 unspecified atom stereocenters. The highest BCUT2D eigenvalue weighted by molar-refractivity contribution is 5.90. The number of carbonyl (C=O) groups excluding carboxylic acids is 1. The van der Waals surface area contributed by atoms with Crippen LogP contribution >= 0.6 is 0 Å². The fourth-order valence-electron chi connectivity index (χ4n) is 1.87. The predicted octanol–water partition coefficient (Wildman–Crippen LogP) is 2.33. The molecule has 2 rings (SSSR count). The van der Waals surface area contributed by atoms with Gasteiger partial charge >= 0.3 is 0 Å². The molecule has 0 aliphatic heterocycles. The maximum atomic E-state index is 10.7. The van der Waals surface area contributed by atoms with Crippen molar-refractivity contribution in [2.75, 3.05) is 0 Å². The molecular weight excluding hydrogens is 238 g/mol. The summed E-state index contributed by atoms with van der Waals surface area (Å²) in [7, 11) is 0. The SMILES string of the molecule is CC(C)Cc1ccc2cc(/C=C/C(N)=O)cnc2n1. The van der Waals surface area contributed by atoms with Crippen molar-refractivity contribution in [3.8, 4) is 0 Å². The van der Waals surface area contributed by atoms with Crippen molar-refractivity contribution in [3.05, 3.63) is 41.7 Å². The number of aromatic nitrogens is 2. The van der Waals surface area contributed by atoms with Gasteiger partial charge < -0.3 is 5.73 Å². The van der Waals surface area contributed by atoms with Crippen LogP contribution < -0.4 is 5.73 Å². The zero-order valence-corrected chi connectivity index (χ0v) is 11.1. The molecular formula is C15H17N3O. The summed E-state index contributed by atoms with van der Waals surface area (Å²) in [6, 6.07) is 5.97. The van der Waals surface area contributed by atoms with E-state index in [1.165, 1.54) is 6.08 Å². The number of primary amides is 1. The number of hydrogen-bond donors (Lipinski definition) is 1. The van der Waals surface area contributed by atoms with Crippen LogP contribution in [-0.2, 0) is 11.2 Å². The Hall–Kier alpha value is -2.23. The van der Waals surface area contributed by atoms with Gasteiger partial charge in [0.15, 0.2) is 5.65 Å². The first-order valence-corrected chi connectivity index (χ1v) is 6.28. The quantitative estimate of drug-likeness (QED) is 0.852. The Labute approximate surface area is 112 Å². The molecule has 19 heavy (non-hydrogen) atoms. The van der Waals surface area contributed by atoms with E-state index in [-0.39, 0.29) is 0 Å². The van der Waals surface area contributed by atoms with Crippen molar-refractivity contribution in [3.63, 3.8) is 0 Å². The van der Waals surface area contributed by atoms with Crippen LogP contribution in [0.5, 0.6) is 0 Å². The highest BCUT2D eigenvalue weighted by Gasteiger charge is 2.02. The summed E-state index contributed by atoms with van der Waals surface area (Å²) in [4.78, 5) is 19.5. The first-order chi connectivity index (χ1) is 9.04. The van der Waals surface area contributed by atoms with Gasteiger partial charge in [0.1, 0.15) is 0 Å². The van der Waals surface area contributed by atoms with Gasteiger partial charge in [0.05, 0.1) is 0 Å². The largest absolute Gasteiger partial charge is 0.366 e. The van der Waals surface area contributed by atoms with Gasteiger partial charge in [-0.2, -0.15) is 0 Å². The molecule has 2 heterocycles. The third kappa shape index (κ3) is 3.61. The number of fused-ring (bicyclic) bond motifs is 1. The van der Waals surface area contributed by atoms with Crippen LogP contribution in [0.1, 0.15) is 25.1 Å². The van der Waals surface area contributed by atoms with Crippen LogP contribution in [0.4, 0.5) is 0 Å². The van der Waals surface area contributed by atoms with Crippen LogP contribution in [-0.4, -0.2) is 15.9 Å². The Morgan fingerprint density at radius 3 is 2.89 bits per heavy atom. The molecule has 2 aromatic rings. The molecule has 98 valence electrons. The second-order valence-electron chi connectivity index (χ2n) is 4.95. The lowest BCUT2D eigenvalue weighted by Crippen LogP contribution is -2.05. The number of nitrogens with zero attached hydrogens (tertiary/aromatic N) is 2. The smallest absolute Gasteiger partial charge is 0.241 e. The van der Waals surface area contributed by atoms with Crippen LogP contribution in [0.3, 0.4) is 0 Å². The third-order valence-corrected chi connectivity index (χ3v) is 2.68. The standard InChI is InChI=1S/C15H17N3O/c1-10(2)7-13-5-4-12-8-11(3-6-14(16)19)9-17-15(12)18-13/h3-6,8-10H,7H2,1-2H3,(H2,16,19)/b6-3+. The highest BCUT2D eigenvalue weighted by atomic mass is 16.1. The van der Waals surface area contributed by atoms with Crippen molar-refractivity contribution in [2.45, 2.75) is 20.3 Å². The number of amides is 1. The molecule has 0 radical (unpaired) electrons. The molecule has 0 aliphatic carbocycles. The number of rotatable bonds is 4. The molecule has 0 spiro atoms. The van der Waals surface area contributed by atoms with Crippen LogP contribution in [0.2, 0.25) is 0 Å². The maximum absolute atomic E-state index is 10.7. The lowest BCUT2D eigenvalue weighted by atomic mass is 10.1. The molecule has 2 N–H and O–H groups in total. The zero-order valence-electron chi connectivity index (χ0n) is 11.1. The molecule has 0 aliphatic rings. The summed E-state index contributed by atoms with van der Waals surface area (Å²) in [6.45, 7) is 4.33. The van der Waals surface area contributed by atoms with E-state index in [9.17, 15) is 4.79 Å². The van der Waals surface area contributed by atoms with Gasteiger partial charge in [0.25, 0.3) is 0 Å². The Kier molecular flexibility index (Phi) is 3.90. The minimum Gasteiger partial charge on any atom is -0.366 e. The van der Waals surface area contributed by atoms with Crippen LogP contribution in [0, 0.1) is 5.92 Å². The summed E-state index contributed by atoms with van der Waals surface area (Å²) < 4.78 is 0. The van der Waals surface area contributed by atoms with E-state index in [1.54, 1.807) is 12.3 Å². The van der Waals surface area contributed by atoms with Crippen LogP contribution in [0.25, 0.3) is 17.1 Å². The second-order valence-corrected chi connectivity index (χ2v) is 4.95. The molecule has 0 saturated heterocycles. The topological polar surface area (TPSA) is 68.9 Å². The first-order valence-electron chi connectivity index (χ1n) is 6.28. The normalized spacial score (nSPS) is 11.5. The molecule has 1 amide bonds. The maximum Gasteiger partial charge on any atom is 0.241 e.